The third-order valence-corrected chi connectivity index (χ3v) is 5.27. The zero-order valence-corrected chi connectivity index (χ0v) is 14.5. The molecule has 1 heterocycles. The van der Waals surface area contributed by atoms with Gasteiger partial charge in [-0.3, -0.25) is 9.69 Å². The van der Waals surface area contributed by atoms with E-state index >= 15 is 0 Å². The van der Waals surface area contributed by atoms with E-state index in [2.05, 4.69) is 43.0 Å². The Morgan fingerprint density at radius 2 is 2.13 bits per heavy atom. The maximum Gasteiger partial charge on any atom is 0.237 e. The Labute approximate surface area is 139 Å². The molecule has 1 amide bonds. The third kappa shape index (κ3) is 3.59. The van der Waals surface area contributed by atoms with Gasteiger partial charge >= 0.3 is 0 Å². The number of amides is 1. The van der Waals surface area contributed by atoms with Crippen LogP contribution in [0.3, 0.4) is 0 Å². The van der Waals surface area contributed by atoms with Crippen LogP contribution in [0.25, 0.3) is 0 Å². The van der Waals surface area contributed by atoms with Gasteiger partial charge in [0.05, 0.1) is 25.3 Å². The van der Waals surface area contributed by atoms with Gasteiger partial charge in [-0.05, 0) is 44.2 Å². The zero-order chi connectivity index (χ0) is 16.4. The number of nitrogens with zero attached hydrogens (tertiary/aromatic N) is 2. The molecule has 3 atom stereocenters. The molecule has 23 heavy (non-hydrogen) atoms. The molecule has 3 rings (SSSR count). The molecular weight excluding hydrogens is 288 g/mol. The van der Waals surface area contributed by atoms with E-state index in [0.29, 0.717) is 19.2 Å². The van der Waals surface area contributed by atoms with Crippen LogP contribution in [0, 0.1) is 0 Å². The van der Waals surface area contributed by atoms with Gasteiger partial charge in [-0.25, -0.2) is 0 Å². The predicted molar refractivity (Wildman–Crippen MR) is 91.3 cm³/mol. The second-order valence-electron chi connectivity index (χ2n) is 7.03. The van der Waals surface area contributed by atoms with E-state index in [-0.39, 0.29) is 18.1 Å². The van der Waals surface area contributed by atoms with Crippen molar-refractivity contribution in [3.05, 3.63) is 35.4 Å². The van der Waals surface area contributed by atoms with Crippen molar-refractivity contribution in [2.45, 2.75) is 51.3 Å². The summed E-state index contributed by atoms with van der Waals surface area (Å²) in [6.45, 7) is 6.25. The molecule has 0 spiro atoms. The van der Waals surface area contributed by atoms with E-state index in [9.17, 15) is 4.79 Å². The Morgan fingerprint density at radius 1 is 1.35 bits per heavy atom. The number of hydrogen-bond acceptors (Lipinski definition) is 3. The van der Waals surface area contributed by atoms with Crippen molar-refractivity contribution in [2.24, 2.45) is 0 Å². The maximum atomic E-state index is 12.8. The molecule has 1 aromatic carbocycles. The molecule has 0 saturated carbocycles. The lowest BCUT2D eigenvalue weighted by Crippen LogP contribution is -2.51. The van der Waals surface area contributed by atoms with Gasteiger partial charge in [0.25, 0.3) is 0 Å². The number of rotatable bonds is 3. The van der Waals surface area contributed by atoms with Crippen molar-refractivity contribution in [2.75, 3.05) is 26.7 Å². The van der Waals surface area contributed by atoms with Crippen molar-refractivity contribution in [1.82, 2.24) is 9.80 Å². The van der Waals surface area contributed by atoms with Gasteiger partial charge in [0.1, 0.15) is 0 Å². The lowest BCUT2D eigenvalue weighted by atomic mass is 9.87. The molecule has 3 unspecified atom stereocenters. The summed E-state index contributed by atoms with van der Waals surface area (Å²) >= 11 is 0. The van der Waals surface area contributed by atoms with Crippen LogP contribution in [0.5, 0.6) is 0 Å². The molecule has 0 N–H and O–H groups in total. The highest BCUT2D eigenvalue weighted by Crippen LogP contribution is 2.33. The van der Waals surface area contributed by atoms with Crippen LogP contribution in [0.4, 0.5) is 0 Å². The molecule has 0 radical (unpaired) electrons. The first-order valence-electron chi connectivity index (χ1n) is 8.75. The minimum absolute atomic E-state index is 0.208. The number of fused-ring (bicyclic) bond motifs is 1. The minimum atomic E-state index is 0.208. The second-order valence-corrected chi connectivity index (χ2v) is 7.03. The number of carbonyl (C=O) groups is 1. The van der Waals surface area contributed by atoms with Crippen LogP contribution in [-0.2, 0) is 16.0 Å². The van der Waals surface area contributed by atoms with Gasteiger partial charge in [0.15, 0.2) is 0 Å². The van der Waals surface area contributed by atoms with Crippen molar-refractivity contribution < 1.29 is 9.53 Å². The predicted octanol–water partition coefficient (Wildman–Crippen LogP) is 2.63. The fourth-order valence-corrected chi connectivity index (χ4v) is 3.78. The molecule has 4 nitrogen and oxygen atoms in total. The Bertz CT molecular complexity index is 560. The van der Waals surface area contributed by atoms with Crippen LogP contribution in [0.15, 0.2) is 24.3 Å². The largest absolute Gasteiger partial charge is 0.376 e. The van der Waals surface area contributed by atoms with E-state index in [1.165, 1.54) is 11.1 Å². The second kappa shape index (κ2) is 7.02. The Kier molecular flexibility index (Phi) is 5.02. The fraction of sp³-hybridized carbons (Fsp3) is 0.632. The highest BCUT2D eigenvalue weighted by atomic mass is 16.5. The van der Waals surface area contributed by atoms with Crippen LogP contribution in [0.2, 0.25) is 0 Å². The molecule has 1 fully saturated rings. The number of ether oxygens (including phenoxy) is 1. The number of morpholine rings is 1. The van der Waals surface area contributed by atoms with Gasteiger partial charge < -0.3 is 9.64 Å². The minimum Gasteiger partial charge on any atom is -0.376 e. The number of hydrogen-bond donors (Lipinski definition) is 0. The average molecular weight is 316 g/mol. The number of benzene rings is 1. The summed E-state index contributed by atoms with van der Waals surface area (Å²) in [4.78, 5) is 17.0. The fourth-order valence-electron chi connectivity index (χ4n) is 3.78. The number of carbonyl (C=O) groups excluding carboxylic acids is 1. The van der Waals surface area contributed by atoms with E-state index in [1.54, 1.807) is 0 Å². The average Bonchev–Trinajstić information content (AvgIpc) is 2.57. The van der Waals surface area contributed by atoms with Crippen LogP contribution >= 0.6 is 0 Å². The number of aryl methyl sites for hydroxylation is 1. The SMILES string of the molecule is CC1CN(CC(=O)N(C)C2CCCc3ccccc32)C(C)CO1. The van der Waals surface area contributed by atoms with Crippen molar-refractivity contribution in [3.8, 4) is 0 Å². The normalized spacial score (nSPS) is 28.2. The summed E-state index contributed by atoms with van der Waals surface area (Å²) in [7, 11) is 1.96. The Balaban J connectivity index is 1.68. The lowest BCUT2D eigenvalue weighted by molar-refractivity contribution is -0.137. The highest BCUT2D eigenvalue weighted by molar-refractivity contribution is 5.78. The van der Waals surface area contributed by atoms with Crippen LogP contribution in [-0.4, -0.2) is 54.6 Å². The standard InChI is InChI=1S/C19H28N2O2/c1-14-13-23-15(2)11-21(14)12-19(22)20(3)18-10-6-8-16-7-4-5-9-17(16)18/h4-5,7,9,14-15,18H,6,8,10-13H2,1-3H3. The first kappa shape index (κ1) is 16.5. The summed E-state index contributed by atoms with van der Waals surface area (Å²) in [5.41, 5.74) is 2.73. The van der Waals surface area contributed by atoms with Gasteiger partial charge in [0.2, 0.25) is 5.91 Å². The molecule has 1 saturated heterocycles. The van der Waals surface area contributed by atoms with Gasteiger partial charge in [0, 0.05) is 19.6 Å². The van der Waals surface area contributed by atoms with E-state index in [4.69, 9.17) is 4.74 Å². The van der Waals surface area contributed by atoms with Gasteiger partial charge in [-0.1, -0.05) is 24.3 Å². The molecule has 0 bridgehead atoms. The molecule has 1 aromatic rings. The van der Waals surface area contributed by atoms with Crippen molar-refractivity contribution >= 4 is 5.91 Å². The monoisotopic (exact) mass is 316 g/mol. The zero-order valence-electron chi connectivity index (χ0n) is 14.5. The van der Waals surface area contributed by atoms with Gasteiger partial charge in [-0.15, -0.1) is 0 Å². The maximum absolute atomic E-state index is 12.8. The Hall–Kier alpha value is -1.39. The molecule has 2 aliphatic rings. The molecule has 1 aliphatic carbocycles. The lowest BCUT2D eigenvalue weighted by Gasteiger charge is -2.39. The van der Waals surface area contributed by atoms with E-state index in [0.717, 1.165) is 25.8 Å². The van der Waals surface area contributed by atoms with Crippen LogP contribution in [0.1, 0.15) is 43.9 Å². The first-order chi connectivity index (χ1) is 11.1. The molecule has 0 aromatic heterocycles. The molecule has 4 heteroatoms. The molecule has 126 valence electrons. The topological polar surface area (TPSA) is 32.8 Å². The quantitative estimate of drug-likeness (QED) is 0.859. The summed E-state index contributed by atoms with van der Waals surface area (Å²) < 4.78 is 5.66. The first-order valence-corrected chi connectivity index (χ1v) is 8.75. The highest BCUT2D eigenvalue weighted by Gasteiger charge is 2.30. The van der Waals surface area contributed by atoms with Crippen LogP contribution < -0.4 is 0 Å². The summed E-state index contributed by atoms with van der Waals surface area (Å²) in [5.74, 6) is 0.215. The third-order valence-electron chi connectivity index (χ3n) is 5.27. The summed E-state index contributed by atoms with van der Waals surface area (Å²) in [6.07, 6.45) is 3.56. The van der Waals surface area contributed by atoms with E-state index in [1.807, 2.05) is 11.9 Å². The molecular formula is C19H28N2O2. The van der Waals surface area contributed by atoms with Gasteiger partial charge in [-0.2, -0.15) is 0 Å². The van der Waals surface area contributed by atoms with E-state index < -0.39 is 0 Å². The summed E-state index contributed by atoms with van der Waals surface area (Å²) in [5, 5.41) is 0. The number of likely N-dealkylation sites (N-methyl/N-ethyl adjacent to an activating group) is 1. The van der Waals surface area contributed by atoms with Crippen molar-refractivity contribution in [3.63, 3.8) is 0 Å². The summed E-state index contributed by atoms with van der Waals surface area (Å²) in [6, 6.07) is 9.10. The smallest absolute Gasteiger partial charge is 0.237 e. The van der Waals surface area contributed by atoms with Crippen molar-refractivity contribution in [1.29, 1.82) is 0 Å². The Morgan fingerprint density at radius 3 is 2.96 bits per heavy atom. The molecule has 1 aliphatic heterocycles.